The van der Waals surface area contributed by atoms with Gasteiger partial charge in [0.15, 0.2) is 0 Å². The molecule has 0 saturated heterocycles. The summed E-state index contributed by atoms with van der Waals surface area (Å²) in [5, 5.41) is 4.76. The topological polar surface area (TPSA) is 63.8 Å². The van der Waals surface area contributed by atoms with E-state index in [1.807, 2.05) is 48.5 Å². The van der Waals surface area contributed by atoms with E-state index < -0.39 is 0 Å². The van der Waals surface area contributed by atoms with Crippen molar-refractivity contribution < 1.29 is 0 Å². The van der Waals surface area contributed by atoms with E-state index in [0.29, 0.717) is 18.3 Å². The van der Waals surface area contributed by atoms with E-state index in [0.717, 1.165) is 21.5 Å². The Bertz CT molecular complexity index is 740. The van der Waals surface area contributed by atoms with Gasteiger partial charge in [-0.2, -0.15) is 4.98 Å². The van der Waals surface area contributed by atoms with Crippen molar-refractivity contribution in [3.8, 4) is 0 Å². The molecule has 0 amide bonds. The van der Waals surface area contributed by atoms with E-state index in [4.69, 9.17) is 17.3 Å². The first-order valence-corrected chi connectivity index (χ1v) is 6.61. The van der Waals surface area contributed by atoms with E-state index in [-0.39, 0.29) is 0 Å². The zero-order valence-electron chi connectivity index (χ0n) is 10.7. The third-order valence-electron chi connectivity index (χ3n) is 3.00. The van der Waals surface area contributed by atoms with Crippen LogP contribution in [-0.2, 0) is 6.54 Å². The average molecular weight is 285 g/mol. The maximum Gasteiger partial charge on any atom is 0.225 e. The van der Waals surface area contributed by atoms with Gasteiger partial charge in [0.05, 0.1) is 5.52 Å². The number of nitrogens with zero attached hydrogens (tertiary/aromatic N) is 2. The number of anilines is 2. The lowest BCUT2D eigenvalue weighted by Crippen LogP contribution is -2.05. The molecule has 0 atom stereocenters. The number of rotatable bonds is 3. The number of hydrogen-bond acceptors (Lipinski definition) is 4. The van der Waals surface area contributed by atoms with Crippen molar-refractivity contribution in [2.45, 2.75) is 6.54 Å². The van der Waals surface area contributed by atoms with Gasteiger partial charge in [-0.3, -0.25) is 0 Å². The number of benzene rings is 2. The average Bonchev–Trinajstić information content (AvgIpc) is 2.47. The molecule has 1 heterocycles. The summed E-state index contributed by atoms with van der Waals surface area (Å²) in [7, 11) is 0. The van der Waals surface area contributed by atoms with E-state index in [9.17, 15) is 0 Å². The highest BCUT2D eigenvalue weighted by Crippen LogP contribution is 2.19. The van der Waals surface area contributed by atoms with Crippen molar-refractivity contribution in [1.82, 2.24) is 9.97 Å². The Morgan fingerprint density at radius 2 is 1.75 bits per heavy atom. The minimum absolute atomic E-state index is 0.481. The summed E-state index contributed by atoms with van der Waals surface area (Å²) in [5.41, 5.74) is 7.87. The summed E-state index contributed by atoms with van der Waals surface area (Å²) in [6, 6.07) is 15.3. The molecule has 5 heteroatoms. The molecule has 0 bridgehead atoms. The lowest BCUT2D eigenvalue weighted by Gasteiger charge is -2.07. The van der Waals surface area contributed by atoms with Gasteiger partial charge in [0.2, 0.25) is 5.95 Å². The number of halogens is 1. The zero-order valence-corrected chi connectivity index (χ0v) is 11.4. The molecule has 3 N–H and O–H groups in total. The van der Waals surface area contributed by atoms with E-state index in [2.05, 4.69) is 15.3 Å². The highest BCUT2D eigenvalue weighted by Gasteiger charge is 2.04. The van der Waals surface area contributed by atoms with Crippen molar-refractivity contribution >= 4 is 34.3 Å². The molecule has 3 rings (SSSR count). The van der Waals surface area contributed by atoms with Crippen LogP contribution in [0.15, 0.2) is 48.5 Å². The van der Waals surface area contributed by atoms with Gasteiger partial charge in [0, 0.05) is 17.0 Å². The van der Waals surface area contributed by atoms with Crippen LogP contribution in [0.25, 0.3) is 10.9 Å². The second kappa shape index (κ2) is 5.35. The Hall–Kier alpha value is -2.33. The number of hydrogen-bond donors (Lipinski definition) is 2. The fourth-order valence-electron chi connectivity index (χ4n) is 1.96. The number of para-hydroxylation sites is 1. The molecule has 0 spiro atoms. The Morgan fingerprint density at radius 3 is 2.55 bits per heavy atom. The van der Waals surface area contributed by atoms with Gasteiger partial charge >= 0.3 is 0 Å². The van der Waals surface area contributed by atoms with Gasteiger partial charge in [-0.1, -0.05) is 35.9 Å². The van der Waals surface area contributed by atoms with Crippen LogP contribution in [0.5, 0.6) is 0 Å². The molecular formula is C15H13ClN4. The molecule has 3 aromatic rings. The van der Waals surface area contributed by atoms with E-state index >= 15 is 0 Å². The van der Waals surface area contributed by atoms with Gasteiger partial charge < -0.3 is 11.1 Å². The highest BCUT2D eigenvalue weighted by molar-refractivity contribution is 6.30. The molecule has 100 valence electrons. The first-order chi connectivity index (χ1) is 9.72. The molecule has 2 aromatic carbocycles. The van der Waals surface area contributed by atoms with Crippen molar-refractivity contribution in [3.05, 3.63) is 59.1 Å². The molecule has 0 aliphatic rings. The molecule has 0 aliphatic carbocycles. The Morgan fingerprint density at radius 1 is 1.00 bits per heavy atom. The fraction of sp³-hybridized carbons (Fsp3) is 0.0667. The van der Waals surface area contributed by atoms with Crippen LogP contribution in [0.4, 0.5) is 11.8 Å². The summed E-state index contributed by atoms with van der Waals surface area (Å²) in [4.78, 5) is 8.70. The molecule has 0 fully saturated rings. The van der Waals surface area contributed by atoms with Gasteiger partial charge in [-0.15, -0.1) is 0 Å². The highest BCUT2D eigenvalue weighted by atomic mass is 35.5. The number of nitrogen functional groups attached to an aromatic ring is 1. The largest absolute Gasteiger partial charge is 0.383 e. The first-order valence-electron chi connectivity index (χ1n) is 6.23. The third kappa shape index (κ3) is 2.65. The molecule has 0 radical (unpaired) electrons. The molecule has 20 heavy (non-hydrogen) atoms. The maximum atomic E-state index is 5.94. The van der Waals surface area contributed by atoms with Gasteiger partial charge in [0.1, 0.15) is 5.82 Å². The van der Waals surface area contributed by atoms with Gasteiger partial charge in [-0.25, -0.2) is 4.98 Å². The minimum atomic E-state index is 0.481. The Labute approximate surface area is 121 Å². The van der Waals surface area contributed by atoms with Gasteiger partial charge in [-0.05, 0) is 29.8 Å². The van der Waals surface area contributed by atoms with Crippen LogP contribution in [0.2, 0.25) is 5.02 Å². The number of nitrogens with one attached hydrogen (secondary N) is 1. The summed E-state index contributed by atoms with van der Waals surface area (Å²) in [5.74, 6) is 1.00. The van der Waals surface area contributed by atoms with Crippen molar-refractivity contribution in [3.63, 3.8) is 0 Å². The number of nitrogens with two attached hydrogens (primary N) is 1. The lowest BCUT2D eigenvalue weighted by atomic mass is 10.2. The van der Waals surface area contributed by atoms with Crippen LogP contribution in [0.3, 0.4) is 0 Å². The maximum absolute atomic E-state index is 5.94. The second-order valence-corrected chi connectivity index (χ2v) is 4.87. The smallest absolute Gasteiger partial charge is 0.225 e. The van der Waals surface area contributed by atoms with Crippen LogP contribution in [0.1, 0.15) is 5.56 Å². The monoisotopic (exact) mass is 284 g/mol. The fourth-order valence-corrected chi connectivity index (χ4v) is 2.09. The standard InChI is InChI=1S/C15H13ClN4/c16-11-7-5-10(6-8-11)9-18-15-19-13-4-2-1-3-12(13)14(17)20-15/h1-8H,9H2,(H3,17,18,19,20). The predicted octanol–water partition coefficient (Wildman–Crippen LogP) is 3.48. The van der Waals surface area contributed by atoms with E-state index in [1.54, 1.807) is 0 Å². The molecule has 1 aromatic heterocycles. The minimum Gasteiger partial charge on any atom is -0.383 e. The van der Waals surface area contributed by atoms with Crippen molar-refractivity contribution in [2.24, 2.45) is 0 Å². The molecule has 0 saturated carbocycles. The summed E-state index contributed by atoms with van der Waals surface area (Å²) >= 11 is 5.85. The zero-order chi connectivity index (χ0) is 13.9. The Kier molecular flexibility index (Phi) is 3.39. The summed E-state index contributed by atoms with van der Waals surface area (Å²) in [6.07, 6.45) is 0. The number of fused-ring (bicyclic) bond motifs is 1. The van der Waals surface area contributed by atoms with Crippen LogP contribution in [-0.4, -0.2) is 9.97 Å². The summed E-state index contributed by atoms with van der Waals surface area (Å²) in [6.45, 7) is 0.620. The Balaban J connectivity index is 1.82. The SMILES string of the molecule is Nc1nc(NCc2ccc(Cl)cc2)nc2ccccc12. The van der Waals surface area contributed by atoms with Crippen molar-refractivity contribution in [2.75, 3.05) is 11.1 Å². The van der Waals surface area contributed by atoms with Crippen molar-refractivity contribution in [1.29, 1.82) is 0 Å². The molecular weight excluding hydrogens is 272 g/mol. The van der Waals surface area contributed by atoms with Crippen LogP contribution >= 0.6 is 11.6 Å². The lowest BCUT2D eigenvalue weighted by molar-refractivity contribution is 1.07. The van der Waals surface area contributed by atoms with Gasteiger partial charge in [0.25, 0.3) is 0 Å². The van der Waals surface area contributed by atoms with Crippen LogP contribution in [0, 0.1) is 0 Å². The molecule has 4 nitrogen and oxygen atoms in total. The quantitative estimate of drug-likeness (QED) is 0.773. The molecule has 0 unspecified atom stereocenters. The predicted molar refractivity (Wildman–Crippen MR) is 82.7 cm³/mol. The summed E-state index contributed by atoms with van der Waals surface area (Å²) < 4.78 is 0. The third-order valence-corrected chi connectivity index (χ3v) is 3.25. The van der Waals surface area contributed by atoms with Crippen LogP contribution < -0.4 is 11.1 Å². The normalized spacial score (nSPS) is 10.7. The molecule has 0 aliphatic heterocycles. The first kappa shape index (κ1) is 12.7. The second-order valence-electron chi connectivity index (χ2n) is 4.43. The van der Waals surface area contributed by atoms with E-state index in [1.165, 1.54) is 0 Å². The number of aromatic nitrogens is 2.